The Kier molecular flexibility index (Phi) is 5.19. The molecule has 1 unspecified atom stereocenters. The molecule has 0 bridgehead atoms. The van der Waals surface area contributed by atoms with Crippen LogP contribution in [-0.2, 0) is 10.0 Å². The van der Waals surface area contributed by atoms with Crippen LogP contribution in [0.5, 0.6) is 0 Å². The molecule has 0 fully saturated rings. The van der Waals surface area contributed by atoms with Crippen LogP contribution in [0.25, 0.3) is 0 Å². The number of sulfonamides is 1. The van der Waals surface area contributed by atoms with Crippen LogP contribution in [0.1, 0.15) is 23.3 Å². The van der Waals surface area contributed by atoms with Crippen LogP contribution in [0.3, 0.4) is 0 Å². The Labute approximate surface area is 158 Å². The van der Waals surface area contributed by atoms with Crippen molar-refractivity contribution in [2.75, 3.05) is 0 Å². The third kappa shape index (κ3) is 4.06. The molecule has 2 N–H and O–H groups in total. The summed E-state index contributed by atoms with van der Waals surface area (Å²) in [5.41, 5.74) is 0.698. The van der Waals surface area contributed by atoms with Gasteiger partial charge in [-0.2, -0.15) is 9.82 Å². The van der Waals surface area contributed by atoms with Gasteiger partial charge in [0.2, 0.25) is 10.0 Å². The summed E-state index contributed by atoms with van der Waals surface area (Å²) in [6, 6.07) is 9.66. The molecule has 2 heterocycles. The van der Waals surface area contributed by atoms with Crippen molar-refractivity contribution in [2.45, 2.75) is 17.9 Å². The third-order valence-corrected chi connectivity index (χ3v) is 5.62. The molecule has 0 aliphatic carbocycles. The lowest BCUT2D eigenvalue weighted by molar-refractivity contribution is 0.567. The molecule has 1 atom stereocenters. The monoisotopic (exact) mass is 441 g/mol. The number of nitrogens with zero attached hydrogens (tertiary/aromatic N) is 3. The summed E-state index contributed by atoms with van der Waals surface area (Å²) in [6.45, 7) is 1.74. The molecule has 0 aliphatic heterocycles. The van der Waals surface area contributed by atoms with E-state index in [1.54, 1.807) is 19.1 Å². The summed E-state index contributed by atoms with van der Waals surface area (Å²) in [5, 5.41) is 6.70. The van der Waals surface area contributed by atoms with Crippen molar-refractivity contribution >= 4 is 37.6 Å². The van der Waals surface area contributed by atoms with E-state index >= 15 is 0 Å². The molecule has 0 spiro atoms. The van der Waals surface area contributed by atoms with E-state index in [9.17, 15) is 8.42 Å². The molecule has 1 aromatic carbocycles. The SMILES string of the molecule is Cc1nc(C(NS(=O)(=O)c2cc(Br)cnc2Cl)c2ccccc2)n[nH]1. The largest absolute Gasteiger partial charge is 0.263 e. The van der Waals surface area contributed by atoms with Crippen LogP contribution in [0.15, 0.2) is 52.0 Å². The highest BCUT2D eigenvalue weighted by molar-refractivity contribution is 9.10. The van der Waals surface area contributed by atoms with Gasteiger partial charge in [-0.25, -0.2) is 18.4 Å². The summed E-state index contributed by atoms with van der Waals surface area (Å²) in [5.74, 6) is 0.892. The number of hydrogen-bond donors (Lipinski definition) is 2. The fraction of sp³-hybridized carbons (Fsp3) is 0.133. The van der Waals surface area contributed by atoms with Gasteiger partial charge < -0.3 is 0 Å². The van der Waals surface area contributed by atoms with E-state index in [0.29, 0.717) is 21.7 Å². The number of rotatable bonds is 5. The Bertz CT molecular complexity index is 994. The van der Waals surface area contributed by atoms with E-state index in [1.165, 1.54) is 12.3 Å². The molecule has 10 heteroatoms. The van der Waals surface area contributed by atoms with Crippen LogP contribution in [0.2, 0.25) is 5.15 Å². The van der Waals surface area contributed by atoms with Crippen LogP contribution >= 0.6 is 27.5 Å². The fourth-order valence-corrected chi connectivity index (χ4v) is 4.34. The number of aryl methyl sites for hydroxylation is 1. The van der Waals surface area contributed by atoms with Crippen molar-refractivity contribution < 1.29 is 8.42 Å². The van der Waals surface area contributed by atoms with Gasteiger partial charge in [0, 0.05) is 10.7 Å². The Morgan fingerprint density at radius 3 is 2.64 bits per heavy atom. The zero-order valence-electron chi connectivity index (χ0n) is 12.9. The van der Waals surface area contributed by atoms with E-state index < -0.39 is 16.1 Å². The maximum atomic E-state index is 12.8. The molecule has 7 nitrogen and oxygen atoms in total. The van der Waals surface area contributed by atoms with Gasteiger partial charge in [0.1, 0.15) is 21.9 Å². The van der Waals surface area contributed by atoms with Gasteiger partial charge in [-0.05, 0) is 34.5 Å². The van der Waals surface area contributed by atoms with E-state index in [4.69, 9.17) is 11.6 Å². The van der Waals surface area contributed by atoms with Gasteiger partial charge >= 0.3 is 0 Å². The van der Waals surface area contributed by atoms with Gasteiger partial charge in [0.25, 0.3) is 0 Å². The van der Waals surface area contributed by atoms with Crippen molar-refractivity contribution in [3.63, 3.8) is 0 Å². The van der Waals surface area contributed by atoms with Gasteiger partial charge in [0.15, 0.2) is 5.82 Å². The predicted molar refractivity (Wildman–Crippen MR) is 96.7 cm³/mol. The highest BCUT2D eigenvalue weighted by Crippen LogP contribution is 2.26. The Morgan fingerprint density at radius 2 is 2.00 bits per heavy atom. The zero-order chi connectivity index (χ0) is 18.0. The minimum atomic E-state index is -3.97. The van der Waals surface area contributed by atoms with E-state index in [1.807, 2.05) is 18.2 Å². The topological polar surface area (TPSA) is 101 Å². The van der Waals surface area contributed by atoms with Crippen LogP contribution in [0, 0.1) is 6.92 Å². The molecule has 0 aliphatic rings. The van der Waals surface area contributed by atoms with Gasteiger partial charge in [-0.3, -0.25) is 5.10 Å². The third-order valence-electron chi connectivity index (χ3n) is 3.34. The summed E-state index contributed by atoms with van der Waals surface area (Å²) in [7, 11) is -3.97. The molecule has 0 amide bonds. The number of H-pyrrole nitrogens is 1. The molecule has 2 aromatic heterocycles. The maximum Gasteiger partial charge on any atom is 0.244 e. The number of nitrogens with one attached hydrogen (secondary N) is 2. The first-order valence-electron chi connectivity index (χ1n) is 7.14. The summed E-state index contributed by atoms with van der Waals surface area (Å²) in [6.07, 6.45) is 1.43. The lowest BCUT2D eigenvalue weighted by Gasteiger charge is -2.17. The first kappa shape index (κ1) is 18.0. The van der Waals surface area contributed by atoms with E-state index in [2.05, 4.69) is 40.8 Å². The first-order chi connectivity index (χ1) is 11.9. The summed E-state index contributed by atoms with van der Waals surface area (Å²) in [4.78, 5) is 7.99. The second kappa shape index (κ2) is 7.20. The van der Waals surface area contributed by atoms with E-state index in [0.717, 1.165) is 0 Å². The standard InChI is InChI=1S/C15H13BrClN5O2S/c1-9-19-15(21-20-9)13(10-5-3-2-4-6-10)22-25(23,24)12-7-11(16)8-18-14(12)17/h2-8,13,22H,1H3,(H,19,20,21). The van der Waals surface area contributed by atoms with E-state index in [-0.39, 0.29) is 10.0 Å². The molecule has 130 valence electrons. The minimum absolute atomic E-state index is 0.117. The maximum absolute atomic E-state index is 12.8. The number of aromatic amines is 1. The van der Waals surface area contributed by atoms with Gasteiger partial charge in [0.05, 0.1) is 0 Å². The lowest BCUT2D eigenvalue weighted by atomic mass is 10.1. The second-order valence-corrected chi connectivity index (χ2v) is 8.14. The quantitative estimate of drug-likeness (QED) is 0.592. The Balaban J connectivity index is 2.04. The van der Waals surface area contributed by atoms with Crippen LogP contribution in [0.4, 0.5) is 0 Å². The highest BCUT2D eigenvalue weighted by atomic mass is 79.9. The van der Waals surface area contributed by atoms with Gasteiger partial charge in [-0.1, -0.05) is 41.9 Å². The predicted octanol–water partition coefficient (Wildman–Crippen LogP) is 2.99. The number of benzene rings is 1. The average molecular weight is 443 g/mol. The molecule has 0 saturated heterocycles. The number of aromatic nitrogens is 4. The number of halogens is 2. The molecular weight excluding hydrogens is 430 g/mol. The number of hydrogen-bond acceptors (Lipinski definition) is 5. The van der Waals surface area contributed by atoms with Gasteiger partial charge in [-0.15, -0.1) is 0 Å². The van der Waals surface area contributed by atoms with Crippen LogP contribution in [-0.4, -0.2) is 28.6 Å². The molecule has 0 radical (unpaired) electrons. The molecule has 25 heavy (non-hydrogen) atoms. The normalized spacial score (nSPS) is 12.9. The molecular formula is C15H13BrClN5O2S. The highest BCUT2D eigenvalue weighted by Gasteiger charge is 2.28. The molecule has 3 aromatic rings. The van der Waals surface area contributed by atoms with Crippen molar-refractivity contribution in [1.29, 1.82) is 0 Å². The number of pyridine rings is 1. The Morgan fingerprint density at radius 1 is 1.28 bits per heavy atom. The van der Waals surface area contributed by atoms with Crippen molar-refractivity contribution in [3.05, 3.63) is 69.4 Å². The lowest BCUT2D eigenvalue weighted by Crippen LogP contribution is -2.30. The average Bonchev–Trinajstić information content (AvgIpc) is 3.02. The smallest absolute Gasteiger partial charge is 0.244 e. The van der Waals surface area contributed by atoms with Crippen LogP contribution < -0.4 is 4.72 Å². The summed E-state index contributed by atoms with van der Waals surface area (Å²) >= 11 is 9.18. The van der Waals surface area contributed by atoms with Crippen molar-refractivity contribution in [3.8, 4) is 0 Å². The summed E-state index contributed by atoms with van der Waals surface area (Å²) < 4.78 is 28.8. The Hall–Kier alpha value is -1.81. The van der Waals surface area contributed by atoms with Crippen molar-refractivity contribution in [1.82, 2.24) is 24.9 Å². The van der Waals surface area contributed by atoms with Crippen molar-refractivity contribution in [2.24, 2.45) is 0 Å². The zero-order valence-corrected chi connectivity index (χ0v) is 16.1. The molecule has 0 saturated carbocycles. The minimum Gasteiger partial charge on any atom is -0.263 e. The first-order valence-corrected chi connectivity index (χ1v) is 9.79. The fourth-order valence-electron chi connectivity index (χ4n) is 2.22. The molecule has 3 rings (SSSR count). The second-order valence-electron chi connectivity index (χ2n) is 5.19.